The van der Waals surface area contributed by atoms with Crippen molar-refractivity contribution in [3.05, 3.63) is 168 Å². The van der Waals surface area contributed by atoms with Gasteiger partial charge in [0.25, 0.3) is 0 Å². The van der Waals surface area contributed by atoms with Gasteiger partial charge < -0.3 is 4.42 Å². The SMILES string of the molecule is c1ccc(C2NC(c3ccc4c(c3)oc3ccccc34)NC(c3cccc4c3sc3ccc(-c5cccc6c5sc5ccccc56)cc34)N2)cc1. The van der Waals surface area contributed by atoms with Crippen molar-refractivity contribution in [3.8, 4) is 11.1 Å². The Labute approximate surface area is 302 Å². The fourth-order valence-corrected chi connectivity index (χ4v) is 10.4. The van der Waals surface area contributed by atoms with Crippen molar-refractivity contribution in [2.45, 2.75) is 18.5 Å². The van der Waals surface area contributed by atoms with Gasteiger partial charge in [-0.3, -0.25) is 16.0 Å². The van der Waals surface area contributed by atoms with Gasteiger partial charge in [-0.2, -0.15) is 0 Å². The van der Waals surface area contributed by atoms with Gasteiger partial charge in [0.1, 0.15) is 11.2 Å². The molecule has 0 saturated carbocycles. The Morgan fingerprint density at radius 2 is 1.08 bits per heavy atom. The molecule has 1 saturated heterocycles. The van der Waals surface area contributed by atoms with E-state index in [9.17, 15) is 0 Å². The summed E-state index contributed by atoms with van der Waals surface area (Å²) in [6, 6.07) is 54.8. The molecule has 0 radical (unpaired) electrons. The minimum atomic E-state index is -0.114. The summed E-state index contributed by atoms with van der Waals surface area (Å²) in [5.74, 6) is 0. The van der Waals surface area contributed by atoms with Crippen LogP contribution in [0.4, 0.5) is 0 Å². The highest BCUT2D eigenvalue weighted by Gasteiger charge is 2.31. The summed E-state index contributed by atoms with van der Waals surface area (Å²) in [6.07, 6.45) is -0.277. The molecule has 6 heteroatoms. The summed E-state index contributed by atoms with van der Waals surface area (Å²) in [6.45, 7) is 0. The van der Waals surface area contributed by atoms with Gasteiger partial charge in [-0.05, 0) is 52.6 Å². The minimum absolute atomic E-state index is 0.0631. The van der Waals surface area contributed by atoms with Crippen LogP contribution in [0.2, 0.25) is 0 Å². The summed E-state index contributed by atoms with van der Waals surface area (Å²) in [7, 11) is 0. The van der Waals surface area contributed by atoms with Crippen LogP contribution in [0, 0.1) is 0 Å². The Balaban J connectivity index is 1.01. The van der Waals surface area contributed by atoms with Crippen LogP contribution in [0.3, 0.4) is 0 Å². The molecule has 10 aromatic rings. The second kappa shape index (κ2) is 11.6. The van der Waals surface area contributed by atoms with E-state index in [1.165, 1.54) is 62.6 Å². The molecule has 0 aliphatic carbocycles. The zero-order valence-corrected chi connectivity index (χ0v) is 29.0. The number of fused-ring (bicyclic) bond motifs is 9. The van der Waals surface area contributed by atoms with Crippen LogP contribution < -0.4 is 16.0 Å². The molecule has 3 atom stereocenters. The average Bonchev–Trinajstić information content (AvgIpc) is 3.88. The Bertz CT molecular complexity index is 2940. The maximum Gasteiger partial charge on any atom is 0.135 e. The Morgan fingerprint density at radius 3 is 1.98 bits per heavy atom. The summed E-state index contributed by atoms with van der Waals surface area (Å²) in [4.78, 5) is 0. The van der Waals surface area contributed by atoms with E-state index in [1.807, 2.05) is 34.8 Å². The largest absolute Gasteiger partial charge is 0.456 e. The molecular formula is C45H31N3OS2. The highest BCUT2D eigenvalue weighted by Crippen LogP contribution is 2.44. The van der Waals surface area contributed by atoms with Crippen LogP contribution in [0.5, 0.6) is 0 Å². The van der Waals surface area contributed by atoms with Gasteiger partial charge in [0.15, 0.2) is 0 Å². The van der Waals surface area contributed by atoms with Crippen LogP contribution in [0.25, 0.3) is 73.4 Å². The minimum Gasteiger partial charge on any atom is -0.456 e. The maximum atomic E-state index is 6.31. The topological polar surface area (TPSA) is 49.2 Å². The standard InChI is InChI=1S/C45H31N3OS2/c1-2-10-26(11-3-1)43-46-44(28-20-22-31-30-12-4-6-18-37(30)49-38(31)25-28)48-45(47-43)35-17-9-16-34-36-24-27(21-23-40(36)51-42(34)35)29-14-8-15-33-32-13-5-7-19-39(32)50-41(29)33/h1-25,43-48H. The van der Waals surface area contributed by atoms with Crippen LogP contribution >= 0.6 is 22.7 Å². The van der Waals surface area contributed by atoms with Crippen LogP contribution in [0.15, 0.2) is 156 Å². The lowest BCUT2D eigenvalue weighted by atomic mass is 9.99. The number of rotatable bonds is 4. The van der Waals surface area contributed by atoms with E-state index in [-0.39, 0.29) is 18.5 Å². The van der Waals surface area contributed by atoms with E-state index in [0.717, 1.165) is 27.5 Å². The van der Waals surface area contributed by atoms with E-state index >= 15 is 0 Å². The van der Waals surface area contributed by atoms with Gasteiger partial charge in [-0.1, -0.05) is 121 Å². The maximum absolute atomic E-state index is 6.31. The first kappa shape index (κ1) is 29.4. The highest BCUT2D eigenvalue weighted by molar-refractivity contribution is 7.26. The molecule has 0 amide bonds. The second-order valence-corrected chi connectivity index (χ2v) is 15.5. The van der Waals surface area contributed by atoms with Gasteiger partial charge in [-0.15, -0.1) is 22.7 Å². The fourth-order valence-electron chi connectivity index (χ4n) is 7.97. The van der Waals surface area contributed by atoms with Crippen molar-refractivity contribution in [2.24, 2.45) is 0 Å². The molecule has 4 heterocycles. The monoisotopic (exact) mass is 693 g/mol. The Hall–Kier alpha value is -5.34. The van der Waals surface area contributed by atoms with E-state index in [1.54, 1.807) is 0 Å². The van der Waals surface area contributed by atoms with E-state index in [2.05, 4.69) is 155 Å². The molecule has 4 nitrogen and oxygen atoms in total. The Morgan fingerprint density at radius 1 is 0.412 bits per heavy atom. The van der Waals surface area contributed by atoms with Gasteiger partial charge in [-0.25, -0.2) is 0 Å². The van der Waals surface area contributed by atoms with E-state index in [4.69, 9.17) is 4.42 Å². The van der Waals surface area contributed by atoms with Crippen LogP contribution in [-0.2, 0) is 0 Å². The predicted octanol–water partition coefficient (Wildman–Crippen LogP) is 12.2. The fraction of sp³-hybridized carbons (Fsp3) is 0.0667. The molecule has 1 fully saturated rings. The van der Waals surface area contributed by atoms with Crippen molar-refractivity contribution in [3.63, 3.8) is 0 Å². The van der Waals surface area contributed by atoms with Crippen molar-refractivity contribution >= 4 is 85.0 Å². The molecule has 7 aromatic carbocycles. The molecule has 3 unspecified atom stereocenters. The second-order valence-electron chi connectivity index (χ2n) is 13.4. The summed E-state index contributed by atoms with van der Waals surface area (Å²) in [5, 5.41) is 19.2. The number of furan rings is 1. The molecular weight excluding hydrogens is 663 g/mol. The zero-order valence-electron chi connectivity index (χ0n) is 27.4. The van der Waals surface area contributed by atoms with E-state index < -0.39 is 0 Å². The van der Waals surface area contributed by atoms with Gasteiger partial charge >= 0.3 is 0 Å². The number of para-hydroxylation sites is 1. The molecule has 0 bridgehead atoms. The molecule has 244 valence electrons. The van der Waals surface area contributed by atoms with Crippen molar-refractivity contribution in [1.29, 1.82) is 0 Å². The van der Waals surface area contributed by atoms with Gasteiger partial charge in [0, 0.05) is 56.7 Å². The molecule has 1 aliphatic rings. The smallest absolute Gasteiger partial charge is 0.135 e. The third kappa shape index (κ3) is 4.76. The van der Waals surface area contributed by atoms with Crippen molar-refractivity contribution in [2.75, 3.05) is 0 Å². The quantitative estimate of drug-likeness (QED) is 0.172. The summed E-state index contributed by atoms with van der Waals surface area (Å²) < 4.78 is 11.6. The number of nitrogens with one attached hydrogen (secondary N) is 3. The van der Waals surface area contributed by atoms with E-state index in [0.29, 0.717) is 0 Å². The third-order valence-corrected chi connectivity index (χ3v) is 12.9. The van der Waals surface area contributed by atoms with Gasteiger partial charge in [0.2, 0.25) is 0 Å². The van der Waals surface area contributed by atoms with Crippen molar-refractivity contribution in [1.82, 2.24) is 16.0 Å². The first-order chi connectivity index (χ1) is 25.2. The molecule has 3 N–H and O–H groups in total. The molecule has 3 aromatic heterocycles. The average molecular weight is 694 g/mol. The van der Waals surface area contributed by atoms with Gasteiger partial charge in [0.05, 0.1) is 18.5 Å². The first-order valence-electron chi connectivity index (χ1n) is 17.4. The number of hydrogen-bond donors (Lipinski definition) is 3. The molecule has 11 rings (SSSR count). The number of hydrogen-bond acceptors (Lipinski definition) is 6. The predicted molar refractivity (Wildman–Crippen MR) is 215 cm³/mol. The first-order valence-corrected chi connectivity index (χ1v) is 19.0. The molecule has 0 spiro atoms. The molecule has 1 aliphatic heterocycles. The Kier molecular flexibility index (Phi) is 6.69. The van der Waals surface area contributed by atoms with Crippen molar-refractivity contribution < 1.29 is 4.42 Å². The number of benzene rings is 7. The van der Waals surface area contributed by atoms with Crippen LogP contribution in [-0.4, -0.2) is 0 Å². The third-order valence-electron chi connectivity index (χ3n) is 10.4. The lowest BCUT2D eigenvalue weighted by Crippen LogP contribution is -2.54. The zero-order chi connectivity index (χ0) is 33.5. The molecule has 51 heavy (non-hydrogen) atoms. The normalized spacial score (nSPS) is 18.2. The van der Waals surface area contributed by atoms with Crippen LogP contribution in [0.1, 0.15) is 35.2 Å². The summed E-state index contributed by atoms with van der Waals surface area (Å²) in [5.41, 5.74) is 7.95. The summed E-state index contributed by atoms with van der Waals surface area (Å²) >= 11 is 3.77. The lowest BCUT2D eigenvalue weighted by Gasteiger charge is -2.39. The highest BCUT2D eigenvalue weighted by atomic mass is 32.1. The lowest BCUT2D eigenvalue weighted by molar-refractivity contribution is 0.204. The number of thiophene rings is 2.